The molecule has 0 amide bonds. The van der Waals surface area contributed by atoms with Crippen molar-refractivity contribution in [1.82, 2.24) is 4.47 Å². The summed E-state index contributed by atoms with van der Waals surface area (Å²) in [5.74, 6) is -0.569. The van der Waals surface area contributed by atoms with Crippen LogP contribution in [-0.4, -0.2) is 48.1 Å². The fourth-order valence-corrected chi connectivity index (χ4v) is 5.98. The van der Waals surface area contributed by atoms with E-state index in [1.165, 1.54) is 12.1 Å². The van der Waals surface area contributed by atoms with Gasteiger partial charge in [0.05, 0.1) is 7.11 Å². The number of alkyl halides is 1. The summed E-state index contributed by atoms with van der Waals surface area (Å²) in [6.07, 6.45) is 0.778. The van der Waals surface area contributed by atoms with E-state index in [1.54, 1.807) is 19.2 Å². The first-order valence-electron chi connectivity index (χ1n) is 9.33. The van der Waals surface area contributed by atoms with Crippen molar-refractivity contribution in [3.63, 3.8) is 0 Å². The zero-order valence-corrected chi connectivity index (χ0v) is 19.8. The number of nitrogens with two attached hydrogens (primary N) is 1. The minimum absolute atomic E-state index is 0.0227. The van der Waals surface area contributed by atoms with Crippen molar-refractivity contribution >= 4 is 16.0 Å². The molecule has 0 spiro atoms. The van der Waals surface area contributed by atoms with Gasteiger partial charge in [-0.3, -0.25) is 0 Å². The Kier molecular flexibility index (Phi) is 9.49. The molecule has 2 rings (SSSR count). The summed E-state index contributed by atoms with van der Waals surface area (Å²) in [4.78, 5) is 11.7. The van der Waals surface area contributed by atoms with Crippen LogP contribution in [0.2, 0.25) is 0 Å². The van der Waals surface area contributed by atoms with E-state index in [0.717, 1.165) is 23.3 Å². The van der Waals surface area contributed by atoms with Gasteiger partial charge in [-0.2, -0.15) is 0 Å². The van der Waals surface area contributed by atoms with Gasteiger partial charge in [0.2, 0.25) is 0 Å². The summed E-state index contributed by atoms with van der Waals surface area (Å²) in [5, 5.41) is 9.54. The van der Waals surface area contributed by atoms with Crippen LogP contribution in [0.25, 0.3) is 11.1 Å². The Morgan fingerprint density at radius 3 is 2.17 bits per heavy atom. The monoisotopic (exact) mass is 549 g/mol. The average molecular weight is 549 g/mol. The molecule has 0 aliphatic rings. The molecule has 3 N–H and O–H groups in total. The van der Waals surface area contributed by atoms with E-state index in [2.05, 4.69) is 0 Å². The summed E-state index contributed by atoms with van der Waals surface area (Å²) < 4.78 is 38.4. The van der Waals surface area contributed by atoms with Crippen LogP contribution < -0.4 is 32.1 Å². The summed E-state index contributed by atoms with van der Waals surface area (Å²) in [6.45, 7) is 1.98. The predicted molar refractivity (Wildman–Crippen MR) is 109 cm³/mol. The zero-order chi connectivity index (χ0) is 22.1. The van der Waals surface area contributed by atoms with Gasteiger partial charge in [-0.1, -0.05) is 0 Å². The van der Waals surface area contributed by atoms with Crippen LogP contribution in [0.4, 0.5) is 0 Å². The fraction of sp³-hybridized carbons (Fsp3) is 0.350. The fourth-order valence-electron chi connectivity index (χ4n) is 2.60. The number of carboxylic acid groups (broad SMARTS) is 1. The molecule has 0 heterocycles. The first-order chi connectivity index (χ1) is 14.3. The summed E-state index contributed by atoms with van der Waals surface area (Å²) in [5.41, 5.74) is 7.22. The topological polar surface area (TPSA) is 119 Å². The molecule has 1 atom stereocenters. The molecule has 0 unspecified atom stereocenters. The van der Waals surface area contributed by atoms with Crippen molar-refractivity contribution in [3.05, 3.63) is 48.5 Å². The number of carboxylic acids is 1. The number of ether oxygens (including phenoxy) is 1. The van der Waals surface area contributed by atoms with E-state index in [9.17, 15) is 18.3 Å². The molecule has 166 valence electrons. The van der Waals surface area contributed by atoms with Gasteiger partial charge in [0, 0.05) is 0 Å². The molecule has 0 aliphatic carbocycles. The van der Waals surface area contributed by atoms with Gasteiger partial charge in [0.25, 0.3) is 0 Å². The number of sulfonamides is 1. The van der Waals surface area contributed by atoms with Crippen molar-refractivity contribution < 1.29 is 47.8 Å². The van der Waals surface area contributed by atoms with Crippen LogP contribution >= 0.6 is 0 Å². The zero-order valence-electron chi connectivity index (χ0n) is 16.8. The van der Waals surface area contributed by atoms with Crippen LogP contribution in [0, 0.1) is 0 Å². The van der Waals surface area contributed by atoms with E-state index < -0.39 is 43.7 Å². The Morgan fingerprint density at radius 2 is 1.70 bits per heavy atom. The second kappa shape index (κ2) is 11.6. The molecule has 0 aliphatic heterocycles. The Balaban J connectivity index is 2.34. The van der Waals surface area contributed by atoms with Gasteiger partial charge in [-0.25, -0.2) is 0 Å². The maximum atomic E-state index is 13.2. The number of aliphatic carboxylic acids is 1. The number of methoxy groups -OCH3 is 1. The van der Waals surface area contributed by atoms with E-state index in [-0.39, 0.29) is 17.9 Å². The predicted octanol–water partition coefficient (Wildman–Crippen LogP) is -0.499. The van der Waals surface area contributed by atoms with Crippen molar-refractivity contribution in [2.75, 3.05) is 18.1 Å². The number of nitrogens with zero attached hydrogens (tertiary/aromatic N) is 1. The third kappa shape index (κ3) is 6.14. The summed E-state index contributed by atoms with van der Waals surface area (Å²) in [7, 11) is -2.59. The second-order valence-electron chi connectivity index (χ2n) is 6.31. The number of hydroxylamine groups is 1. The van der Waals surface area contributed by atoms with E-state index in [0.29, 0.717) is 8.90 Å². The Bertz CT molecular complexity index is 919. The molecule has 10 heteroatoms. The van der Waals surface area contributed by atoms with Gasteiger partial charge in [0.15, 0.2) is 0 Å². The van der Waals surface area contributed by atoms with Gasteiger partial charge in [-0.15, -0.1) is 0 Å². The molecule has 30 heavy (non-hydrogen) atoms. The van der Waals surface area contributed by atoms with Crippen LogP contribution in [0.3, 0.4) is 0 Å². The third-order valence-electron chi connectivity index (χ3n) is 4.18. The molecule has 0 saturated carbocycles. The molecule has 0 aromatic heterocycles. The number of rotatable bonds is 12. The van der Waals surface area contributed by atoms with E-state index in [1.807, 2.05) is 31.2 Å². The molecule has 0 radical (unpaired) electrons. The number of hydrogen-bond donors (Lipinski definition) is 2. The Labute approximate surface area is 187 Å². The molecule has 0 saturated heterocycles. The summed E-state index contributed by atoms with van der Waals surface area (Å²) in [6, 6.07) is 12.2. The van der Waals surface area contributed by atoms with Gasteiger partial charge < -0.3 is 0 Å². The SMILES string of the molecule is CCC[I-]ON([C@H](CCN)C(=O)O)S(=O)(=O)c1ccc(-c2ccc(OC)cc2)cc1. The number of hydrogen-bond acceptors (Lipinski definition) is 6. The molecular formula is C20H26IN2O6S-. The molecule has 2 aromatic rings. The maximum absolute atomic E-state index is 13.2. The average Bonchev–Trinajstić information content (AvgIpc) is 2.75. The first-order valence-corrected chi connectivity index (χ1v) is 13.2. The van der Waals surface area contributed by atoms with Gasteiger partial charge in [0.1, 0.15) is 0 Å². The third-order valence-corrected chi connectivity index (χ3v) is 8.34. The van der Waals surface area contributed by atoms with Crippen molar-refractivity contribution in [2.45, 2.75) is 30.7 Å². The molecular weight excluding hydrogens is 523 g/mol. The van der Waals surface area contributed by atoms with Crippen LogP contribution in [0.1, 0.15) is 19.8 Å². The first kappa shape index (κ1) is 24.5. The molecule has 2 aromatic carbocycles. The summed E-state index contributed by atoms with van der Waals surface area (Å²) >= 11 is -0.961. The number of benzene rings is 2. The Hall–Kier alpha value is -1.73. The van der Waals surface area contributed by atoms with Crippen LogP contribution in [0.15, 0.2) is 53.4 Å². The quantitative estimate of drug-likeness (QED) is 0.159. The molecule has 0 fully saturated rings. The number of halogens is 1. The number of carbonyl (C=O) groups is 1. The second-order valence-corrected chi connectivity index (χ2v) is 10.2. The Morgan fingerprint density at radius 1 is 1.13 bits per heavy atom. The van der Waals surface area contributed by atoms with Crippen LogP contribution in [-0.2, 0) is 18.0 Å². The van der Waals surface area contributed by atoms with Gasteiger partial charge >= 0.3 is 181 Å². The molecule has 8 nitrogen and oxygen atoms in total. The van der Waals surface area contributed by atoms with Crippen molar-refractivity contribution in [2.24, 2.45) is 5.73 Å². The minimum atomic E-state index is -4.18. The van der Waals surface area contributed by atoms with Crippen molar-refractivity contribution in [3.8, 4) is 16.9 Å². The van der Waals surface area contributed by atoms with Gasteiger partial charge in [-0.05, 0) is 0 Å². The normalized spacial score (nSPS) is 12.8. The van der Waals surface area contributed by atoms with E-state index in [4.69, 9.17) is 13.6 Å². The molecule has 0 bridgehead atoms. The van der Waals surface area contributed by atoms with E-state index >= 15 is 0 Å². The standard InChI is InChI=1S/C20H26IN2O6S/c1-3-13-21-29-23(19(12-14-22)20(24)25)30(26,27)18-10-6-16(7-11-18)15-4-8-17(28-2)9-5-15/h4-11,19H,3,12-14,22H2,1-2H3,(H,24,25)/q-1/t19-/m1/s1. The van der Waals surface area contributed by atoms with Crippen LogP contribution in [0.5, 0.6) is 5.75 Å². The van der Waals surface area contributed by atoms with Crippen molar-refractivity contribution in [1.29, 1.82) is 0 Å².